The smallest absolute Gasteiger partial charge is 0.272 e. The van der Waals surface area contributed by atoms with E-state index in [0.717, 1.165) is 21.1 Å². The molecule has 3 N–H and O–H groups in total. The van der Waals surface area contributed by atoms with E-state index in [1.54, 1.807) is 42.5 Å². The second-order valence-electron chi connectivity index (χ2n) is 10.7. The monoisotopic (exact) mass is 681 g/mol. The predicted molar refractivity (Wildman–Crippen MR) is 198 cm³/mol. The van der Waals surface area contributed by atoms with E-state index in [-0.39, 0.29) is 17.5 Å². The third kappa shape index (κ3) is 9.35. The molecule has 5 aromatic carbocycles. The lowest BCUT2D eigenvalue weighted by molar-refractivity contribution is -0.116. The first kappa shape index (κ1) is 33.0. The summed E-state index contributed by atoms with van der Waals surface area (Å²) in [6, 6.07) is 46.0. The van der Waals surface area contributed by atoms with Crippen molar-refractivity contribution in [3.8, 4) is 11.5 Å². The molecule has 242 valence electrons. The van der Waals surface area contributed by atoms with Crippen LogP contribution in [0.5, 0.6) is 11.5 Å². The third-order valence-electron chi connectivity index (χ3n) is 7.17. The zero-order chi connectivity index (χ0) is 33.8. The molecule has 1 atom stereocenters. The van der Waals surface area contributed by atoms with Gasteiger partial charge in [-0.25, -0.2) is 0 Å². The van der Waals surface area contributed by atoms with Gasteiger partial charge in [0.1, 0.15) is 22.4 Å². The van der Waals surface area contributed by atoms with Crippen LogP contribution in [0.15, 0.2) is 168 Å². The summed E-state index contributed by atoms with van der Waals surface area (Å²) in [6.45, 7) is 0. The van der Waals surface area contributed by atoms with E-state index >= 15 is 0 Å². The van der Waals surface area contributed by atoms with Gasteiger partial charge in [-0.2, -0.15) is 0 Å². The molecule has 0 bridgehead atoms. The lowest BCUT2D eigenvalue weighted by atomic mass is 10.1. The predicted octanol–water partition coefficient (Wildman–Crippen LogP) is 9.42. The molecule has 0 saturated heterocycles. The Balaban J connectivity index is 1.13. The Hall–Kier alpha value is -5.90. The zero-order valence-electron chi connectivity index (χ0n) is 26.1. The maximum Gasteiger partial charge on any atom is 0.272 e. The van der Waals surface area contributed by atoms with Crippen molar-refractivity contribution in [3.05, 3.63) is 179 Å². The molecular weight excluding hydrogens is 651 g/mol. The highest BCUT2D eigenvalue weighted by Gasteiger charge is 2.23. The van der Waals surface area contributed by atoms with Crippen molar-refractivity contribution in [3.63, 3.8) is 0 Å². The Bertz CT molecular complexity index is 2020. The van der Waals surface area contributed by atoms with Gasteiger partial charge in [0.05, 0.1) is 0 Å². The Labute approximate surface area is 292 Å². The maximum absolute atomic E-state index is 13.6. The van der Waals surface area contributed by atoms with Crippen molar-refractivity contribution in [1.29, 1.82) is 0 Å². The highest BCUT2D eigenvalue weighted by molar-refractivity contribution is 8.00. The lowest BCUT2D eigenvalue weighted by Gasteiger charge is -2.18. The van der Waals surface area contributed by atoms with E-state index in [1.807, 2.05) is 121 Å². The molecule has 0 fully saturated rings. The minimum Gasteiger partial charge on any atom is -0.457 e. The topological polar surface area (TPSA) is 96.5 Å². The summed E-state index contributed by atoms with van der Waals surface area (Å²) in [6.07, 6.45) is 1.65. The number of para-hydroxylation sites is 1. The van der Waals surface area contributed by atoms with Crippen molar-refractivity contribution in [2.45, 2.75) is 10.1 Å². The summed E-state index contributed by atoms with van der Waals surface area (Å²) in [4.78, 5) is 41.6. The molecule has 1 heterocycles. The molecule has 9 heteroatoms. The number of benzene rings is 5. The molecule has 3 amide bonds. The van der Waals surface area contributed by atoms with Crippen molar-refractivity contribution in [2.24, 2.45) is 0 Å². The van der Waals surface area contributed by atoms with Crippen LogP contribution in [0.3, 0.4) is 0 Å². The van der Waals surface area contributed by atoms with Crippen LogP contribution in [0.1, 0.15) is 26.0 Å². The van der Waals surface area contributed by atoms with Crippen molar-refractivity contribution in [1.82, 2.24) is 5.32 Å². The molecule has 0 spiro atoms. The van der Waals surface area contributed by atoms with Gasteiger partial charge < -0.3 is 20.7 Å². The Morgan fingerprint density at radius 3 is 1.88 bits per heavy atom. The van der Waals surface area contributed by atoms with Gasteiger partial charge in [-0.15, -0.1) is 23.1 Å². The number of carbonyl (C=O) groups is 3. The van der Waals surface area contributed by atoms with Gasteiger partial charge in [0.2, 0.25) is 5.91 Å². The van der Waals surface area contributed by atoms with E-state index in [1.165, 1.54) is 23.1 Å². The first-order chi connectivity index (χ1) is 24.0. The molecular formula is C40H31N3O4S2. The largest absolute Gasteiger partial charge is 0.457 e. The number of thioether (sulfide) groups is 1. The molecule has 0 radical (unpaired) electrons. The molecule has 1 aromatic heterocycles. The fourth-order valence-corrected chi connectivity index (χ4v) is 6.43. The minimum atomic E-state index is -0.546. The molecule has 6 rings (SSSR count). The van der Waals surface area contributed by atoms with E-state index in [0.29, 0.717) is 22.7 Å². The number of anilines is 2. The number of hydrogen-bond donors (Lipinski definition) is 3. The first-order valence-corrected chi connectivity index (χ1v) is 17.1. The molecule has 49 heavy (non-hydrogen) atoms. The van der Waals surface area contributed by atoms with Gasteiger partial charge in [0, 0.05) is 26.7 Å². The second-order valence-corrected chi connectivity index (χ2v) is 12.9. The fourth-order valence-electron chi connectivity index (χ4n) is 4.75. The van der Waals surface area contributed by atoms with Gasteiger partial charge in [0.15, 0.2) is 0 Å². The van der Waals surface area contributed by atoms with Gasteiger partial charge >= 0.3 is 0 Å². The minimum absolute atomic E-state index is 0.121. The molecule has 0 saturated carbocycles. The number of amides is 3. The summed E-state index contributed by atoms with van der Waals surface area (Å²) < 4.78 is 5.88. The maximum atomic E-state index is 13.6. The normalized spacial score (nSPS) is 11.6. The number of nitrogens with one attached hydrogen (secondary N) is 3. The van der Waals surface area contributed by atoms with Crippen LogP contribution >= 0.6 is 23.1 Å². The van der Waals surface area contributed by atoms with Crippen LogP contribution in [0.2, 0.25) is 0 Å². The average molecular weight is 682 g/mol. The van der Waals surface area contributed by atoms with Crippen LogP contribution in [0, 0.1) is 0 Å². The van der Waals surface area contributed by atoms with Crippen LogP contribution in [0.4, 0.5) is 11.4 Å². The SMILES string of the molecule is O=C(Nc1ccc(SC(C(=O)Nc2ccc(Oc3ccccc3)cc2)c2ccccc2)cc1)/C(=C/c1cccs1)NC(=O)c1ccccc1. The molecule has 1 unspecified atom stereocenters. The summed E-state index contributed by atoms with van der Waals surface area (Å²) in [5, 5.41) is 10.0. The molecule has 6 aromatic rings. The number of rotatable bonds is 12. The molecule has 0 aliphatic rings. The van der Waals surface area contributed by atoms with E-state index in [2.05, 4.69) is 16.0 Å². The van der Waals surface area contributed by atoms with Crippen LogP contribution in [-0.4, -0.2) is 17.7 Å². The first-order valence-electron chi connectivity index (χ1n) is 15.4. The van der Waals surface area contributed by atoms with Crippen LogP contribution in [0.25, 0.3) is 6.08 Å². The zero-order valence-corrected chi connectivity index (χ0v) is 27.7. The summed E-state index contributed by atoms with van der Waals surface area (Å²) >= 11 is 2.86. The quantitative estimate of drug-likeness (QED) is 0.0884. The van der Waals surface area contributed by atoms with Gasteiger partial charge in [-0.1, -0.05) is 72.8 Å². The Kier molecular flexibility index (Phi) is 11.0. The fraction of sp³-hybridized carbons (Fsp3) is 0.0250. The highest BCUT2D eigenvalue weighted by atomic mass is 32.2. The van der Waals surface area contributed by atoms with Gasteiger partial charge in [-0.05, 0) is 95.9 Å². The Morgan fingerprint density at radius 2 is 1.22 bits per heavy atom. The van der Waals surface area contributed by atoms with E-state index < -0.39 is 11.2 Å². The van der Waals surface area contributed by atoms with Crippen molar-refractivity contribution >= 4 is 58.3 Å². The van der Waals surface area contributed by atoms with Gasteiger partial charge in [0.25, 0.3) is 11.8 Å². The highest BCUT2D eigenvalue weighted by Crippen LogP contribution is 2.37. The Morgan fingerprint density at radius 1 is 0.633 bits per heavy atom. The molecule has 7 nitrogen and oxygen atoms in total. The van der Waals surface area contributed by atoms with Crippen molar-refractivity contribution < 1.29 is 19.1 Å². The van der Waals surface area contributed by atoms with E-state index in [9.17, 15) is 14.4 Å². The second kappa shape index (κ2) is 16.3. The molecule has 0 aliphatic carbocycles. The summed E-state index contributed by atoms with van der Waals surface area (Å²) in [7, 11) is 0. The van der Waals surface area contributed by atoms with Crippen molar-refractivity contribution in [2.75, 3.05) is 10.6 Å². The van der Waals surface area contributed by atoms with E-state index in [4.69, 9.17) is 4.74 Å². The number of carbonyl (C=O) groups excluding carboxylic acids is 3. The third-order valence-corrected chi connectivity index (χ3v) is 9.25. The van der Waals surface area contributed by atoms with Crippen LogP contribution in [-0.2, 0) is 9.59 Å². The lowest BCUT2D eigenvalue weighted by Crippen LogP contribution is -2.30. The number of hydrogen-bond acceptors (Lipinski definition) is 6. The average Bonchev–Trinajstić information content (AvgIpc) is 3.66. The number of thiophene rings is 1. The van der Waals surface area contributed by atoms with Crippen LogP contribution < -0.4 is 20.7 Å². The summed E-state index contributed by atoms with van der Waals surface area (Å²) in [5.41, 5.74) is 2.61. The standard InChI is InChI=1S/C40H31N3O4S2/c44-38(29-13-6-2-7-14-29)43-36(27-35-17-10-26-48-35)39(45)41-31-20-24-34(25-21-31)49-37(28-11-4-1-5-12-28)40(46)42-30-18-22-33(23-19-30)47-32-15-8-3-9-16-32/h1-27,37H,(H,41,45)(H,42,46)(H,43,44)/b36-27-. The van der Waals surface area contributed by atoms with Gasteiger partial charge in [-0.3, -0.25) is 14.4 Å². The molecule has 0 aliphatic heterocycles. The summed E-state index contributed by atoms with van der Waals surface area (Å²) in [5.74, 6) is 0.378. The number of ether oxygens (including phenoxy) is 1.